The van der Waals surface area contributed by atoms with Crippen molar-refractivity contribution in [2.45, 2.75) is 6.92 Å². The van der Waals surface area contributed by atoms with Gasteiger partial charge in [0.1, 0.15) is 23.7 Å². The summed E-state index contributed by atoms with van der Waals surface area (Å²) < 4.78 is 31.2. The fourth-order valence-corrected chi connectivity index (χ4v) is 2.70. The summed E-state index contributed by atoms with van der Waals surface area (Å²) in [6.07, 6.45) is 6.09. The number of anilines is 1. The summed E-state index contributed by atoms with van der Waals surface area (Å²) in [7, 11) is -2.08. The van der Waals surface area contributed by atoms with Crippen molar-refractivity contribution in [1.82, 2.24) is 23.8 Å². The van der Waals surface area contributed by atoms with E-state index in [1.807, 2.05) is 0 Å². The number of amides is 1. The van der Waals surface area contributed by atoms with Crippen molar-refractivity contribution in [3.05, 3.63) is 54.9 Å². The van der Waals surface area contributed by atoms with Gasteiger partial charge in [-0.1, -0.05) is 0 Å². The predicted octanol–water partition coefficient (Wildman–Crippen LogP) is 1.59. The topological polar surface area (TPSA) is 119 Å². The molecule has 1 aromatic carbocycles. The van der Waals surface area contributed by atoms with Crippen molar-refractivity contribution in [3.8, 4) is 17.4 Å². The maximum Gasteiger partial charge on any atom is 0.239 e. The van der Waals surface area contributed by atoms with Gasteiger partial charge in [0.05, 0.1) is 12.8 Å². The second-order valence-electron chi connectivity index (χ2n) is 6.28. The molecule has 0 unspecified atom stereocenters. The molecule has 0 fully saturated rings. The van der Waals surface area contributed by atoms with Gasteiger partial charge in [-0.2, -0.15) is 9.29 Å². The van der Waals surface area contributed by atoms with Crippen LogP contribution in [-0.2, 0) is 14.8 Å². The molecule has 0 saturated heterocycles. The Labute approximate surface area is 168 Å². The molecule has 11 heteroatoms. The van der Waals surface area contributed by atoms with Crippen LogP contribution in [0.1, 0.15) is 5.82 Å². The van der Waals surface area contributed by atoms with E-state index in [0.717, 1.165) is 10.6 Å². The highest BCUT2D eigenvalue weighted by Gasteiger charge is 2.15. The number of benzene rings is 1. The van der Waals surface area contributed by atoms with E-state index in [-0.39, 0.29) is 6.54 Å². The van der Waals surface area contributed by atoms with Gasteiger partial charge in [0.2, 0.25) is 21.8 Å². The molecule has 152 valence electrons. The number of aromatic nitrogens is 4. The summed E-state index contributed by atoms with van der Waals surface area (Å²) in [5, 5.41) is 2.64. The van der Waals surface area contributed by atoms with Crippen molar-refractivity contribution in [2.24, 2.45) is 0 Å². The van der Waals surface area contributed by atoms with Gasteiger partial charge in [-0.05, 0) is 31.2 Å². The van der Waals surface area contributed by atoms with Crippen LogP contribution < -0.4 is 10.1 Å². The molecule has 0 atom stereocenters. The number of likely N-dealkylation sites (N-methyl/N-ethyl adjacent to an activating group) is 1. The molecule has 1 N–H and O–H groups in total. The smallest absolute Gasteiger partial charge is 0.239 e. The Bertz CT molecular complexity index is 1100. The van der Waals surface area contributed by atoms with Crippen molar-refractivity contribution < 1.29 is 17.9 Å². The van der Waals surface area contributed by atoms with Crippen LogP contribution in [0.15, 0.2) is 49.1 Å². The second kappa shape index (κ2) is 8.37. The van der Waals surface area contributed by atoms with Crippen LogP contribution in [0.5, 0.6) is 11.6 Å². The highest BCUT2D eigenvalue weighted by molar-refractivity contribution is 7.88. The van der Waals surface area contributed by atoms with E-state index >= 15 is 0 Å². The number of hydrogen-bond acceptors (Lipinski definition) is 7. The van der Waals surface area contributed by atoms with E-state index in [1.165, 1.54) is 7.05 Å². The minimum absolute atomic E-state index is 0.270. The molecule has 0 aliphatic rings. The molecule has 0 spiro atoms. The van der Waals surface area contributed by atoms with Gasteiger partial charge in [-0.15, -0.1) is 0 Å². The molecule has 0 bridgehead atoms. The van der Waals surface area contributed by atoms with Crippen molar-refractivity contribution in [2.75, 3.05) is 25.2 Å². The minimum Gasteiger partial charge on any atom is -0.439 e. The number of aryl methyl sites for hydroxylation is 1. The third-order valence-corrected chi connectivity index (χ3v) is 5.12. The summed E-state index contributed by atoms with van der Waals surface area (Å²) >= 11 is 0. The lowest BCUT2D eigenvalue weighted by Crippen LogP contribution is -2.34. The molecule has 1 amide bonds. The number of imidazole rings is 1. The van der Waals surface area contributed by atoms with Gasteiger partial charge in [0.25, 0.3) is 0 Å². The van der Waals surface area contributed by atoms with Crippen LogP contribution in [0.4, 0.5) is 5.69 Å². The average molecular weight is 416 g/mol. The predicted molar refractivity (Wildman–Crippen MR) is 107 cm³/mol. The van der Waals surface area contributed by atoms with Crippen LogP contribution in [0.3, 0.4) is 0 Å². The van der Waals surface area contributed by atoms with Crippen molar-refractivity contribution in [3.63, 3.8) is 0 Å². The lowest BCUT2D eigenvalue weighted by molar-refractivity contribution is -0.116. The first kappa shape index (κ1) is 20.4. The number of nitrogens with zero attached hydrogens (tertiary/aromatic N) is 5. The van der Waals surface area contributed by atoms with E-state index in [0.29, 0.717) is 29.0 Å². The first-order valence-electron chi connectivity index (χ1n) is 8.54. The first-order chi connectivity index (χ1) is 13.7. The molecule has 0 aliphatic carbocycles. The Morgan fingerprint density at radius 3 is 2.59 bits per heavy atom. The zero-order valence-corrected chi connectivity index (χ0v) is 16.9. The van der Waals surface area contributed by atoms with E-state index in [1.54, 1.807) is 60.5 Å². The molecule has 0 radical (unpaired) electrons. The van der Waals surface area contributed by atoms with Gasteiger partial charge in [-0.3, -0.25) is 9.36 Å². The highest BCUT2D eigenvalue weighted by Crippen LogP contribution is 2.23. The molecule has 0 aliphatic heterocycles. The zero-order chi connectivity index (χ0) is 21.0. The van der Waals surface area contributed by atoms with E-state index in [2.05, 4.69) is 20.3 Å². The van der Waals surface area contributed by atoms with Crippen LogP contribution in [0.2, 0.25) is 0 Å². The van der Waals surface area contributed by atoms with Gasteiger partial charge in [0.15, 0.2) is 0 Å². The number of nitrogens with one attached hydrogen (secondary N) is 1. The fraction of sp³-hybridized carbons (Fsp3) is 0.222. The van der Waals surface area contributed by atoms with E-state index in [9.17, 15) is 13.2 Å². The molecule has 0 saturated carbocycles. The lowest BCUT2D eigenvalue weighted by Gasteiger charge is -2.14. The Morgan fingerprint density at radius 2 is 1.97 bits per heavy atom. The molecule has 3 rings (SSSR count). The Hall–Kier alpha value is -3.31. The first-order valence-corrected chi connectivity index (χ1v) is 10.4. The summed E-state index contributed by atoms with van der Waals surface area (Å²) in [6, 6.07) is 8.33. The standard InChI is InChI=1S/C18H20N6O4S/c1-13-20-16(24-9-8-19-12-24)10-18(21-13)28-15-6-4-14(5-7-15)22-17(25)11-23(2)29(3,26)27/h4-10,12H,11H2,1-3H3,(H,22,25). The molecule has 10 nitrogen and oxygen atoms in total. The Balaban J connectivity index is 1.66. The van der Waals surface area contributed by atoms with Gasteiger partial charge in [0, 0.05) is 31.2 Å². The van der Waals surface area contributed by atoms with Crippen molar-refractivity contribution >= 4 is 21.6 Å². The number of hydrogen-bond donors (Lipinski definition) is 1. The SMILES string of the molecule is Cc1nc(Oc2ccc(NC(=O)CN(C)S(C)(=O)=O)cc2)cc(-n2ccnc2)n1. The number of carbonyl (C=O) groups is 1. The Morgan fingerprint density at radius 1 is 1.24 bits per heavy atom. The van der Waals surface area contributed by atoms with Gasteiger partial charge in [-0.25, -0.2) is 18.4 Å². The van der Waals surface area contributed by atoms with Crippen molar-refractivity contribution in [1.29, 1.82) is 0 Å². The van der Waals surface area contributed by atoms with Crippen LogP contribution in [0, 0.1) is 6.92 Å². The van der Waals surface area contributed by atoms with E-state index < -0.39 is 15.9 Å². The molecule has 3 aromatic rings. The number of ether oxygens (including phenoxy) is 1. The Kier molecular flexibility index (Phi) is 5.89. The van der Waals surface area contributed by atoms with E-state index in [4.69, 9.17) is 4.74 Å². The maximum absolute atomic E-state index is 12.0. The molecule has 2 aromatic heterocycles. The molecular formula is C18H20N6O4S. The molecule has 29 heavy (non-hydrogen) atoms. The van der Waals surface area contributed by atoms with Crippen LogP contribution in [0.25, 0.3) is 5.82 Å². The largest absolute Gasteiger partial charge is 0.439 e. The monoisotopic (exact) mass is 416 g/mol. The third kappa shape index (κ3) is 5.59. The fourth-order valence-electron chi connectivity index (χ4n) is 2.35. The average Bonchev–Trinajstić information content (AvgIpc) is 3.17. The van der Waals surface area contributed by atoms with Gasteiger partial charge >= 0.3 is 0 Å². The van der Waals surface area contributed by atoms with Crippen LogP contribution in [-0.4, -0.2) is 58.0 Å². The number of carbonyl (C=O) groups excluding carboxylic acids is 1. The quantitative estimate of drug-likeness (QED) is 0.621. The lowest BCUT2D eigenvalue weighted by atomic mass is 10.3. The summed E-state index contributed by atoms with van der Waals surface area (Å²) in [6.45, 7) is 1.49. The summed E-state index contributed by atoms with van der Waals surface area (Å²) in [5.74, 6) is 1.62. The maximum atomic E-state index is 12.0. The number of sulfonamides is 1. The summed E-state index contributed by atoms with van der Waals surface area (Å²) in [5.41, 5.74) is 0.516. The molecule has 2 heterocycles. The minimum atomic E-state index is -3.42. The summed E-state index contributed by atoms with van der Waals surface area (Å²) in [4.78, 5) is 24.6. The zero-order valence-electron chi connectivity index (χ0n) is 16.1. The normalized spacial score (nSPS) is 11.4. The number of rotatable bonds is 7. The van der Waals surface area contributed by atoms with Crippen LogP contribution >= 0.6 is 0 Å². The van der Waals surface area contributed by atoms with Gasteiger partial charge < -0.3 is 10.1 Å². The highest BCUT2D eigenvalue weighted by atomic mass is 32.2. The molecular weight excluding hydrogens is 396 g/mol. The third-order valence-electron chi connectivity index (χ3n) is 3.86. The second-order valence-corrected chi connectivity index (χ2v) is 8.36.